The molecule has 1 aromatic heterocycles. The molecule has 0 unspecified atom stereocenters. The van der Waals surface area contributed by atoms with Crippen LogP contribution in [-0.2, 0) is 30.5 Å². The Bertz CT molecular complexity index is 1720. The van der Waals surface area contributed by atoms with Crippen LogP contribution in [0.5, 0.6) is 0 Å². The topological polar surface area (TPSA) is 120 Å². The summed E-state index contributed by atoms with van der Waals surface area (Å²) in [6.07, 6.45) is 11.7. The Kier molecular flexibility index (Phi) is 10.5. The molecular weight excluding hydrogens is 689 g/mol. The van der Waals surface area contributed by atoms with Gasteiger partial charge in [0.2, 0.25) is 5.91 Å². The summed E-state index contributed by atoms with van der Waals surface area (Å²) in [6.45, 7) is 27.8. The summed E-state index contributed by atoms with van der Waals surface area (Å²) in [5.74, 6) is 1.45. The minimum Gasteiger partial charge on any atom is -0.460 e. The molecule has 2 heterocycles. The van der Waals surface area contributed by atoms with Gasteiger partial charge in [-0.2, -0.15) is 0 Å². The molecule has 304 valence electrons. The van der Waals surface area contributed by atoms with E-state index in [-0.39, 0.29) is 64.2 Å². The largest absolute Gasteiger partial charge is 0.460 e. The number of carbonyl (C=O) groups is 3. The van der Waals surface area contributed by atoms with Crippen molar-refractivity contribution in [3.63, 3.8) is 0 Å². The van der Waals surface area contributed by atoms with Crippen LogP contribution in [0.15, 0.2) is 12.2 Å². The lowest BCUT2D eigenvalue weighted by Crippen LogP contribution is -2.67. The van der Waals surface area contributed by atoms with Crippen molar-refractivity contribution >= 4 is 17.8 Å². The van der Waals surface area contributed by atoms with Gasteiger partial charge in [-0.05, 0) is 164 Å². The number of amides is 1. The van der Waals surface area contributed by atoms with Crippen LogP contribution in [0.3, 0.4) is 0 Å². The maximum atomic E-state index is 14.6. The maximum Gasteiger partial charge on any atom is 0.328 e. The van der Waals surface area contributed by atoms with Gasteiger partial charge in [0, 0.05) is 5.41 Å². The first-order chi connectivity index (χ1) is 25.8. The third-order valence-corrected chi connectivity index (χ3v) is 17.7. The molecule has 1 aliphatic heterocycles. The van der Waals surface area contributed by atoms with Gasteiger partial charge in [0.05, 0.1) is 34.2 Å². The van der Waals surface area contributed by atoms with Crippen LogP contribution in [0.4, 0.5) is 0 Å². The zero-order valence-electron chi connectivity index (χ0n) is 35.7. The SMILES string of the molecule is C=C(C)[C@@H]1CC[C@]2(C(=O)OCc3nc(C)c(C)nc3C)CC[C@]3(C)[C@H](CC[C@@H]4[C@@]5(C)CC[C@H](OC(=O)[C@H](C)NC(=O)[C@@H]6CCCN6)C(C)(C)[C@@H]5CC[C@]43C)[C@@H]12. The van der Waals surface area contributed by atoms with E-state index < -0.39 is 11.5 Å². The zero-order valence-corrected chi connectivity index (χ0v) is 35.7. The molecule has 6 fully saturated rings. The van der Waals surface area contributed by atoms with Crippen LogP contribution < -0.4 is 10.6 Å². The monoisotopic (exact) mass is 759 g/mol. The van der Waals surface area contributed by atoms with E-state index in [2.05, 4.69) is 63.7 Å². The van der Waals surface area contributed by atoms with Gasteiger partial charge >= 0.3 is 11.9 Å². The number of aromatic nitrogens is 2. The second-order valence-corrected chi connectivity index (χ2v) is 20.5. The fraction of sp³-hybridized carbons (Fsp3) is 0.804. The smallest absolute Gasteiger partial charge is 0.328 e. The number of rotatable bonds is 8. The summed E-state index contributed by atoms with van der Waals surface area (Å²) < 4.78 is 12.6. The third kappa shape index (κ3) is 6.30. The Hall–Kier alpha value is -2.81. The van der Waals surface area contributed by atoms with Gasteiger partial charge in [-0.25, -0.2) is 4.79 Å². The van der Waals surface area contributed by atoms with Gasteiger partial charge in [0.25, 0.3) is 0 Å². The molecule has 9 nitrogen and oxygen atoms in total. The number of carbonyl (C=O) groups excluding carboxylic acids is 3. The van der Waals surface area contributed by atoms with E-state index in [1.807, 2.05) is 20.8 Å². The molecule has 0 aromatic carbocycles. The molecule has 2 N–H and O–H groups in total. The van der Waals surface area contributed by atoms with Gasteiger partial charge in [0.1, 0.15) is 18.8 Å². The van der Waals surface area contributed by atoms with Crippen molar-refractivity contribution in [2.75, 3.05) is 6.54 Å². The molecular formula is C46H70N4O5. The highest BCUT2D eigenvalue weighted by atomic mass is 16.5. The molecule has 1 aromatic rings. The highest BCUT2D eigenvalue weighted by Gasteiger charge is 2.72. The average molecular weight is 759 g/mol. The van der Waals surface area contributed by atoms with Crippen LogP contribution in [0.1, 0.15) is 148 Å². The Morgan fingerprint density at radius 2 is 1.58 bits per heavy atom. The zero-order chi connectivity index (χ0) is 39.9. The lowest BCUT2D eigenvalue weighted by molar-refractivity contribution is -0.251. The van der Waals surface area contributed by atoms with Gasteiger partial charge in [-0.1, -0.05) is 46.8 Å². The van der Waals surface area contributed by atoms with Gasteiger partial charge < -0.3 is 20.1 Å². The summed E-state index contributed by atoms with van der Waals surface area (Å²) in [6, 6.07) is -0.902. The fourth-order valence-electron chi connectivity index (χ4n) is 14.4. The average Bonchev–Trinajstić information content (AvgIpc) is 3.80. The molecule has 55 heavy (non-hydrogen) atoms. The molecule has 1 saturated heterocycles. The predicted molar refractivity (Wildman–Crippen MR) is 214 cm³/mol. The number of nitrogens with zero attached hydrogens (tertiary/aromatic N) is 2. The van der Waals surface area contributed by atoms with Crippen LogP contribution >= 0.6 is 0 Å². The number of esters is 2. The van der Waals surface area contributed by atoms with E-state index in [0.29, 0.717) is 23.7 Å². The van der Waals surface area contributed by atoms with Crippen molar-refractivity contribution in [2.45, 2.75) is 171 Å². The number of aryl methyl sites for hydroxylation is 3. The van der Waals surface area contributed by atoms with Gasteiger partial charge in [-0.15, -0.1) is 0 Å². The van der Waals surface area contributed by atoms with Crippen LogP contribution in [0, 0.1) is 77.4 Å². The van der Waals surface area contributed by atoms with E-state index in [0.717, 1.165) is 106 Å². The molecule has 0 bridgehead atoms. The predicted octanol–water partition coefficient (Wildman–Crippen LogP) is 8.27. The number of ether oxygens (including phenoxy) is 2. The quantitative estimate of drug-likeness (QED) is 0.201. The number of hydrogen-bond acceptors (Lipinski definition) is 8. The highest BCUT2D eigenvalue weighted by Crippen LogP contribution is 2.77. The first kappa shape index (κ1) is 40.4. The van der Waals surface area contributed by atoms with Crippen LogP contribution in [-0.4, -0.2) is 52.5 Å². The highest BCUT2D eigenvalue weighted by molar-refractivity contribution is 5.87. The summed E-state index contributed by atoms with van der Waals surface area (Å²) >= 11 is 0. The Labute approximate surface area is 330 Å². The Morgan fingerprint density at radius 1 is 0.855 bits per heavy atom. The van der Waals surface area contributed by atoms with E-state index in [9.17, 15) is 14.4 Å². The molecule has 1 amide bonds. The molecule has 5 saturated carbocycles. The molecule has 5 aliphatic carbocycles. The summed E-state index contributed by atoms with van der Waals surface area (Å²) in [7, 11) is 0. The Balaban J connectivity index is 1.09. The Morgan fingerprint density at radius 3 is 2.27 bits per heavy atom. The molecule has 12 atom stereocenters. The maximum absolute atomic E-state index is 14.6. The van der Waals surface area contributed by atoms with Crippen LogP contribution in [0.25, 0.3) is 0 Å². The van der Waals surface area contributed by atoms with Crippen molar-refractivity contribution in [3.8, 4) is 0 Å². The minimum absolute atomic E-state index is 0.0376. The lowest BCUT2D eigenvalue weighted by atomic mass is 9.32. The number of nitrogens with one attached hydrogen (secondary N) is 2. The number of fused-ring (bicyclic) bond motifs is 7. The van der Waals surface area contributed by atoms with Gasteiger partial charge in [0.15, 0.2) is 0 Å². The molecule has 9 heteroatoms. The van der Waals surface area contributed by atoms with E-state index in [1.165, 1.54) is 5.57 Å². The third-order valence-electron chi connectivity index (χ3n) is 17.7. The first-order valence-corrected chi connectivity index (χ1v) is 21.7. The lowest BCUT2D eigenvalue weighted by Gasteiger charge is -2.72. The normalized spacial score (nSPS) is 40.8. The second-order valence-electron chi connectivity index (χ2n) is 20.5. The first-order valence-electron chi connectivity index (χ1n) is 21.7. The molecule has 6 aliphatic rings. The molecule has 7 rings (SSSR count). The summed E-state index contributed by atoms with van der Waals surface area (Å²) in [5, 5.41) is 6.14. The minimum atomic E-state index is -0.678. The van der Waals surface area contributed by atoms with Crippen molar-refractivity contribution in [1.29, 1.82) is 0 Å². The summed E-state index contributed by atoms with van der Waals surface area (Å²) in [5.41, 5.74) is 4.21. The standard InChI is InChI=1S/C46H70N4O5/c1-26(2)31-16-21-46(41(53)54-25-34-29(5)48-27(3)28(4)49-34)23-22-44(10)32(38(31)46)14-15-36-43(9)19-18-37(42(7,8)35(43)17-20-45(36,44)11)55-40(52)30(6)50-39(51)33-13-12-24-47-33/h30-33,35-38,47H,1,12-25H2,2-11H3,(H,50,51)/t30-,31-,32+,33-,35-,36+,37-,38+,43-,44+,45+,46-/m0/s1. The van der Waals surface area contributed by atoms with Crippen molar-refractivity contribution in [3.05, 3.63) is 34.9 Å². The van der Waals surface area contributed by atoms with Crippen molar-refractivity contribution in [2.24, 2.45) is 56.7 Å². The fourth-order valence-corrected chi connectivity index (χ4v) is 14.4. The summed E-state index contributed by atoms with van der Waals surface area (Å²) in [4.78, 5) is 50.2. The number of allylic oxidation sites excluding steroid dienone is 1. The van der Waals surface area contributed by atoms with E-state index in [4.69, 9.17) is 14.5 Å². The van der Waals surface area contributed by atoms with E-state index in [1.54, 1.807) is 6.92 Å². The molecule has 0 spiro atoms. The molecule has 0 radical (unpaired) electrons. The van der Waals surface area contributed by atoms with Crippen molar-refractivity contribution in [1.82, 2.24) is 20.6 Å². The van der Waals surface area contributed by atoms with Crippen molar-refractivity contribution < 1.29 is 23.9 Å². The van der Waals surface area contributed by atoms with E-state index >= 15 is 0 Å². The number of hydrogen-bond donors (Lipinski definition) is 2. The second kappa shape index (κ2) is 14.2. The van der Waals surface area contributed by atoms with Crippen LogP contribution in [0.2, 0.25) is 0 Å². The van der Waals surface area contributed by atoms with Gasteiger partial charge in [-0.3, -0.25) is 19.6 Å².